The summed E-state index contributed by atoms with van der Waals surface area (Å²) in [6.45, 7) is 0. The van der Waals surface area contributed by atoms with E-state index in [1.807, 2.05) is 0 Å². The standard InChI is InChI=1S/C10H6Cl2O2/c11-9(13)7-3-4-8(10(12)14)6-2-1-5(6)7/h3-4H,1-2H2. The Bertz CT molecular complexity index is 397. The van der Waals surface area contributed by atoms with Crippen molar-refractivity contribution in [3.63, 3.8) is 0 Å². The molecule has 4 heteroatoms. The number of carbonyl (C=O) groups excluding carboxylic acids is 2. The van der Waals surface area contributed by atoms with Crippen molar-refractivity contribution < 1.29 is 9.59 Å². The zero-order valence-corrected chi connectivity index (χ0v) is 8.65. The van der Waals surface area contributed by atoms with E-state index in [0.29, 0.717) is 11.1 Å². The molecule has 1 aliphatic rings. The second kappa shape index (κ2) is 3.37. The van der Waals surface area contributed by atoms with Crippen molar-refractivity contribution in [3.8, 4) is 0 Å². The summed E-state index contributed by atoms with van der Waals surface area (Å²) in [5, 5.41) is -0.955. The van der Waals surface area contributed by atoms with Gasteiger partial charge in [-0.2, -0.15) is 0 Å². The van der Waals surface area contributed by atoms with Crippen LogP contribution in [0, 0.1) is 0 Å². The fraction of sp³-hybridized carbons (Fsp3) is 0.200. The molecule has 2 nitrogen and oxygen atoms in total. The molecule has 0 aromatic heterocycles. The van der Waals surface area contributed by atoms with Gasteiger partial charge in [0, 0.05) is 11.1 Å². The van der Waals surface area contributed by atoms with E-state index in [1.165, 1.54) is 0 Å². The summed E-state index contributed by atoms with van der Waals surface area (Å²) < 4.78 is 0. The van der Waals surface area contributed by atoms with Crippen molar-refractivity contribution in [3.05, 3.63) is 34.4 Å². The summed E-state index contributed by atoms with van der Waals surface area (Å²) in [5.41, 5.74) is 2.73. The van der Waals surface area contributed by atoms with Gasteiger partial charge in [-0.25, -0.2) is 0 Å². The predicted octanol–water partition coefficient (Wildman–Crippen LogP) is 2.54. The Labute approximate surface area is 90.8 Å². The third kappa shape index (κ3) is 1.35. The van der Waals surface area contributed by atoms with Crippen LogP contribution in [0.3, 0.4) is 0 Å². The molecule has 1 aliphatic carbocycles. The molecule has 0 spiro atoms. The molecule has 0 heterocycles. The SMILES string of the molecule is O=C(Cl)c1ccc(C(=O)Cl)c2c1CC2. The Hall–Kier alpha value is -0.860. The van der Waals surface area contributed by atoms with Gasteiger partial charge in [-0.15, -0.1) is 0 Å². The Kier molecular flexibility index (Phi) is 2.33. The van der Waals surface area contributed by atoms with Crippen molar-refractivity contribution >= 4 is 33.7 Å². The molecule has 0 unspecified atom stereocenters. The van der Waals surface area contributed by atoms with Crippen LogP contribution in [-0.2, 0) is 12.8 Å². The van der Waals surface area contributed by atoms with Gasteiger partial charge in [-0.3, -0.25) is 9.59 Å². The molecule has 72 valence electrons. The first kappa shape index (κ1) is 9.69. The lowest BCUT2D eigenvalue weighted by atomic mass is 9.82. The van der Waals surface area contributed by atoms with Gasteiger partial charge in [-0.1, -0.05) is 0 Å². The second-order valence-corrected chi connectivity index (χ2v) is 3.85. The van der Waals surface area contributed by atoms with E-state index in [1.54, 1.807) is 12.1 Å². The average molecular weight is 229 g/mol. The van der Waals surface area contributed by atoms with Crippen molar-refractivity contribution in [2.75, 3.05) is 0 Å². The number of hydrogen-bond donors (Lipinski definition) is 0. The number of halogens is 2. The normalized spacial score (nSPS) is 13.0. The fourth-order valence-electron chi connectivity index (χ4n) is 1.71. The van der Waals surface area contributed by atoms with Crippen LogP contribution < -0.4 is 0 Å². The number of rotatable bonds is 2. The maximum atomic E-state index is 11.0. The highest BCUT2D eigenvalue weighted by atomic mass is 35.5. The predicted molar refractivity (Wildman–Crippen MR) is 54.2 cm³/mol. The first-order chi connectivity index (χ1) is 6.61. The van der Waals surface area contributed by atoms with E-state index in [4.69, 9.17) is 23.2 Å². The van der Waals surface area contributed by atoms with Crippen molar-refractivity contribution in [1.29, 1.82) is 0 Å². The van der Waals surface area contributed by atoms with Crippen LogP contribution in [0.1, 0.15) is 31.8 Å². The molecule has 0 N–H and O–H groups in total. The molecule has 2 rings (SSSR count). The molecule has 1 aromatic rings. The monoisotopic (exact) mass is 228 g/mol. The second-order valence-electron chi connectivity index (χ2n) is 3.17. The molecule has 0 bridgehead atoms. The molecule has 0 radical (unpaired) electrons. The smallest absolute Gasteiger partial charge is 0.252 e. The molecule has 0 amide bonds. The van der Waals surface area contributed by atoms with Gasteiger partial charge in [0.05, 0.1) is 0 Å². The minimum atomic E-state index is -0.477. The summed E-state index contributed by atoms with van der Waals surface area (Å²) >= 11 is 10.8. The Morgan fingerprint density at radius 1 is 0.929 bits per heavy atom. The van der Waals surface area contributed by atoms with Crippen LogP contribution in [-0.4, -0.2) is 10.5 Å². The minimum absolute atomic E-state index is 0.477. The summed E-state index contributed by atoms with van der Waals surface area (Å²) in [4.78, 5) is 22.0. The van der Waals surface area contributed by atoms with Crippen molar-refractivity contribution in [1.82, 2.24) is 0 Å². The highest BCUT2D eigenvalue weighted by Gasteiger charge is 2.25. The Morgan fingerprint density at radius 2 is 1.29 bits per heavy atom. The van der Waals surface area contributed by atoms with Gasteiger partial charge >= 0.3 is 0 Å². The average Bonchev–Trinajstić information content (AvgIpc) is 2.04. The first-order valence-corrected chi connectivity index (χ1v) is 4.91. The topological polar surface area (TPSA) is 34.1 Å². The molecular weight excluding hydrogens is 223 g/mol. The van der Waals surface area contributed by atoms with Gasteiger partial charge in [0.15, 0.2) is 0 Å². The van der Waals surface area contributed by atoms with E-state index in [-0.39, 0.29) is 0 Å². The van der Waals surface area contributed by atoms with Crippen LogP contribution in [0.15, 0.2) is 12.1 Å². The number of carbonyl (C=O) groups is 2. The molecule has 1 aromatic carbocycles. The van der Waals surface area contributed by atoms with Crippen molar-refractivity contribution in [2.45, 2.75) is 12.8 Å². The van der Waals surface area contributed by atoms with Gasteiger partial charge < -0.3 is 0 Å². The van der Waals surface area contributed by atoms with Gasteiger partial charge in [-0.05, 0) is 59.3 Å². The molecule has 14 heavy (non-hydrogen) atoms. The summed E-state index contributed by atoms with van der Waals surface area (Å²) in [5.74, 6) is 0. The lowest BCUT2D eigenvalue weighted by molar-refractivity contribution is 0.106. The van der Waals surface area contributed by atoms with Crippen LogP contribution in [0.5, 0.6) is 0 Å². The van der Waals surface area contributed by atoms with E-state index < -0.39 is 10.5 Å². The zero-order chi connectivity index (χ0) is 10.3. The molecule has 0 aliphatic heterocycles. The summed E-state index contributed by atoms with van der Waals surface area (Å²) in [7, 11) is 0. The quantitative estimate of drug-likeness (QED) is 0.730. The molecule has 0 fully saturated rings. The highest BCUT2D eigenvalue weighted by Crippen LogP contribution is 2.31. The van der Waals surface area contributed by atoms with Crippen LogP contribution in [0.2, 0.25) is 0 Å². The van der Waals surface area contributed by atoms with Crippen LogP contribution in [0.4, 0.5) is 0 Å². The van der Waals surface area contributed by atoms with Gasteiger partial charge in [0.25, 0.3) is 10.5 Å². The summed E-state index contributed by atoms with van der Waals surface area (Å²) in [6, 6.07) is 3.12. The molecule has 0 saturated carbocycles. The third-order valence-electron chi connectivity index (χ3n) is 2.48. The molecule has 0 atom stereocenters. The number of hydrogen-bond acceptors (Lipinski definition) is 2. The zero-order valence-electron chi connectivity index (χ0n) is 7.14. The van der Waals surface area contributed by atoms with Crippen LogP contribution in [0.25, 0.3) is 0 Å². The molecular formula is C10H6Cl2O2. The Balaban J connectivity index is 2.59. The minimum Gasteiger partial charge on any atom is -0.276 e. The number of fused-ring (bicyclic) bond motifs is 1. The van der Waals surface area contributed by atoms with E-state index in [9.17, 15) is 9.59 Å². The first-order valence-electron chi connectivity index (χ1n) is 4.15. The van der Waals surface area contributed by atoms with E-state index >= 15 is 0 Å². The van der Waals surface area contributed by atoms with Crippen molar-refractivity contribution in [2.24, 2.45) is 0 Å². The van der Waals surface area contributed by atoms with Gasteiger partial charge in [0.1, 0.15) is 0 Å². The van der Waals surface area contributed by atoms with Crippen LogP contribution >= 0.6 is 23.2 Å². The number of benzene rings is 1. The lowest BCUT2D eigenvalue weighted by Gasteiger charge is -2.23. The maximum absolute atomic E-state index is 11.0. The lowest BCUT2D eigenvalue weighted by Crippen LogP contribution is -2.17. The van der Waals surface area contributed by atoms with E-state index in [2.05, 4.69) is 0 Å². The Morgan fingerprint density at radius 3 is 1.50 bits per heavy atom. The molecule has 0 saturated heterocycles. The third-order valence-corrected chi connectivity index (χ3v) is 2.89. The summed E-state index contributed by atoms with van der Waals surface area (Å²) in [6.07, 6.45) is 1.59. The maximum Gasteiger partial charge on any atom is 0.252 e. The fourth-order valence-corrected chi connectivity index (χ4v) is 2.06. The van der Waals surface area contributed by atoms with E-state index in [0.717, 1.165) is 24.0 Å². The largest absolute Gasteiger partial charge is 0.276 e. The van der Waals surface area contributed by atoms with Gasteiger partial charge in [0.2, 0.25) is 0 Å². The highest BCUT2D eigenvalue weighted by molar-refractivity contribution is 6.69.